The molecule has 0 bridgehead atoms. The maximum atomic E-state index is 13.1. The summed E-state index contributed by atoms with van der Waals surface area (Å²) in [6.45, 7) is 13.8. The predicted octanol–water partition coefficient (Wildman–Crippen LogP) is 22.4. The smallest absolute Gasteiger partial charge is 0.258 e. The van der Waals surface area contributed by atoms with Crippen LogP contribution in [0.2, 0.25) is 10.0 Å². The predicted molar refractivity (Wildman–Crippen MR) is 292 cm³/mol. The first-order chi connectivity index (χ1) is 41.3. The Labute approximate surface area is 523 Å². The molecule has 7 rings (SSSR count). The number of rotatable bonds is 4. The summed E-state index contributed by atoms with van der Waals surface area (Å²) in [6, 6.07) is 1.42. The Balaban J connectivity index is 0.000000525. The third-order valence-electron chi connectivity index (χ3n) is 12.4. The van der Waals surface area contributed by atoms with Gasteiger partial charge >= 0.3 is 5.69 Å². The first-order valence-corrected chi connectivity index (χ1v) is 26.8. The summed E-state index contributed by atoms with van der Waals surface area (Å²) in [7, 11) is 0. The first-order valence-electron chi connectivity index (χ1n) is 24.5. The van der Waals surface area contributed by atoms with Crippen molar-refractivity contribution in [1.82, 2.24) is 0 Å². The topological polar surface area (TPSA) is 66.9 Å². The number of nitriles is 1. The van der Waals surface area contributed by atoms with Crippen molar-refractivity contribution < 1.29 is 110 Å². The Morgan fingerprint density at radius 2 is 0.600 bits per heavy atom. The zero-order chi connectivity index (χ0) is 70.7. The van der Waals surface area contributed by atoms with Gasteiger partial charge in [-0.25, -0.2) is 101 Å². The lowest BCUT2D eigenvalue weighted by Crippen LogP contribution is -2.05. The molecule has 7 aromatic rings. The van der Waals surface area contributed by atoms with Crippen LogP contribution in [-0.4, -0.2) is 4.92 Å². The van der Waals surface area contributed by atoms with E-state index in [1.807, 2.05) is 0 Å². The zero-order valence-electron chi connectivity index (χ0n) is 47.9. The summed E-state index contributed by atoms with van der Waals surface area (Å²) in [4.78, 5) is 9.15. The van der Waals surface area contributed by atoms with Crippen LogP contribution in [0.25, 0.3) is 0 Å². The van der Waals surface area contributed by atoms with E-state index in [9.17, 15) is 115 Å². The van der Waals surface area contributed by atoms with Gasteiger partial charge in [0, 0.05) is 61.2 Å². The minimum absolute atomic E-state index is 0.00815. The van der Waals surface area contributed by atoms with Crippen molar-refractivity contribution in [2.75, 3.05) is 0 Å². The monoisotopic (exact) mass is 1480 g/mol. The van der Waals surface area contributed by atoms with Crippen molar-refractivity contribution in [2.45, 2.75) is 102 Å². The SMILES string of the molecule is CCCc1c(F)c(F)c(C)c(F)c1F.CCc1c(F)c(F)c(C)c(F)c1F.Cc1c(F)c(Br)c(F)c(Br)c1F.Cc1c(F)c(C)c(C#N)c(F)c1F.Cc1c(F)c(C)c([N+](=O)[O-])c(F)c1F.Cc1c(F)c(Cl)c(F)c(Cl)c1F.Cc1c(F)c(F)c(C)c(F)c1F. The van der Waals surface area contributed by atoms with Crippen LogP contribution in [0.1, 0.15) is 92.6 Å². The van der Waals surface area contributed by atoms with Crippen molar-refractivity contribution >= 4 is 60.7 Å². The normalized spacial score (nSPS) is 10.4. The van der Waals surface area contributed by atoms with Gasteiger partial charge in [-0.05, 0) is 114 Å². The van der Waals surface area contributed by atoms with E-state index in [0.29, 0.717) is 6.42 Å². The van der Waals surface area contributed by atoms with Gasteiger partial charge in [0.15, 0.2) is 111 Å². The fourth-order valence-corrected chi connectivity index (χ4v) is 8.60. The Kier molecular flexibility index (Phi) is 30.8. The van der Waals surface area contributed by atoms with Crippen LogP contribution < -0.4 is 0 Å². The maximum absolute atomic E-state index is 13.1. The summed E-state index contributed by atoms with van der Waals surface area (Å²) in [6.07, 6.45) is 0.341. The van der Waals surface area contributed by atoms with Crippen LogP contribution >= 0.6 is 55.1 Å². The molecule has 0 saturated carbocycles. The number of nitrogens with zero attached hydrogens (tertiary/aromatic N) is 2. The summed E-state index contributed by atoms with van der Waals surface area (Å²) < 4.78 is 308. The van der Waals surface area contributed by atoms with Gasteiger partial charge in [-0.3, -0.25) is 10.1 Å². The van der Waals surface area contributed by atoms with E-state index >= 15 is 0 Å². The molecule has 0 N–H and O–H groups in total. The molecule has 0 fully saturated rings. The van der Waals surface area contributed by atoms with Crippen LogP contribution in [0.5, 0.6) is 0 Å². The largest absolute Gasteiger partial charge is 0.313 e. The second-order valence-electron chi connectivity index (χ2n) is 18.2. The van der Waals surface area contributed by atoms with Crippen molar-refractivity contribution in [3.05, 3.63) is 241 Å². The van der Waals surface area contributed by atoms with Crippen LogP contribution in [0.15, 0.2) is 8.95 Å². The van der Waals surface area contributed by atoms with Crippen molar-refractivity contribution in [3.8, 4) is 6.07 Å². The second-order valence-corrected chi connectivity index (χ2v) is 20.5. The lowest BCUT2D eigenvalue weighted by atomic mass is 10.0. The summed E-state index contributed by atoms with van der Waals surface area (Å²) >= 11 is 15.7. The summed E-state index contributed by atoms with van der Waals surface area (Å²) in [5, 5.41) is 17.1. The summed E-state index contributed by atoms with van der Waals surface area (Å²) in [5.41, 5.74) is -7.44. The quantitative estimate of drug-likeness (QED) is 0.0580. The first kappa shape index (κ1) is 81.3. The molecule has 7 aromatic carbocycles. The van der Waals surface area contributed by atoms with Crippen LogP contribution in [0.4, 0.5) is 111 Å². The van der Waals surface area contributed by atoms with E-state index in [1.165, 1.54) is 26.8 Å². The van der Waals surface area contributed by atoms with Crippen molar-refractivity contribution in [2.24, 2.45) is 0 Å². The highest BCUT2D eigenvalue weighted by molar-refractivity contribution is 9.11. The second kappa shape index (κ2) is 34.1. The molecule has 0 amide bonds. The van der Waals surface area contributed by atoms with E-state index in [2.05, 4.69) is 31.9 Å². The molecule has 0 aliphatic heterocycles. The molecule has 0 atom stereocenters. The molecule has 4 nitrogen and oxygen atoms in total. The Hall–Kier alpha value is -6.71. The average Bonchev–Trinajstić information content (AvgIpc) is 1.29. The van der Waals surface area contributed by atoms with Gasteiger partial charge in [-0.2, -0.15) is 9.65 Å². The minimum Gasteiger partial charge on any atom is -0.258 e. The standard InChI is InChI=1S/C10H10F4.C9H8F4.C9H6F3N.C8H6F4.C8H6F3NO2.C7H3Br2F3.C7H3Cl2F3/c1-3-4-6-9(13)7(11)5(2)8(12)10(6)14;1-3-5-8(12)6(10)4(2)7(11)9(5)13;1-4-6(3-13)9(12)8(11)5(2)7(4)10;1-3-5(9)7(11)4(2)8(12)6(3)10;1-3-5(9)4(2)8(12(13)14)7(11)6(3)10;2*1-2-5(10)3(8)7(12)4(9)6(2)11/h3-4H2,1-2H3;3H2,1-2H3;1-2H3;1-2H3;1-2H3;2*1H3. The van der Waals surface area contributed by atoms with Gasteiger partial charge in [0.2, 0.25) is 5.82 Å². The van der Waals surface area contributed by atoms with Gasteiger partial charge in [-0.1, -0.05) is 43.5 Å². The Morgan fingerprint density at radius 1 is 0.344 bits per heavy atom. The van der Waals surface area contributed by atoms with Crippen LogP contribution in [-0.2, 0) is 12.8 Å². The van der Waals surface area contributed by atoms with Gasteiger partial charge in [0.05, 0.1) is 25.0 Å². The minimum atomic E-state index is -1.62. The van der Waals surface area contributed by atoms with Crippen molar-refractivity contribution in [3.63, 3.8) is 0 Å². The zero-order valence-corrected chi connectivity index (χ0v) is 52.6. The molecule has 32 heteroatoms. The van der Waals surface area contributed by atoms with E-state index in [-0.39, 0.29) is 38.5 Å². The molecule has 90 heavy (non-hydrogen) atoms. The molecule has 492 valence electrons. The van der Waals surface area contributed by atoms with Gasteiger partial charge in [0.25, 0.3) is 0 Å². The van der Waals surface area contributed by atoms with Gasteiger partial charge < -0.3 is 0 Å². The molecule has 0 spiro atoms. The molecule has 0 aliphatic rings. The molecule has 0 unspecified atom stereocenters. The summed E-state index contributed by atoms with van der Waals surface area (Å²) in [5.74, 6) is -29.6. The van der Waals surface area contributed by atoms with E-state index in [4.69, 9.17) is 28.5 Å². The lowest BCUT2D eigenvalue weighted by molar-refractivity contribution is -0.388. The van der Waals surface area contributed by atoms with Crippen LogP contribution in [0.3, 0.4) is 0 Å². The number of hydrogen-bond donors (Lipinski definition) is 0. The molecular formula is C58H42Br2Cl2F24N2O2. The average molecular weight is 1490 g/mol. The third-order valence-corrected chi connectivity index (χ3v) is 14.4. The number of benzene rings is 7. The van der Waals surface area contributed by atoms with E-state index < -0.39 is 216 Å². The van der Waals surface area contributed by atoms with E-state index in [1.54, 1.807) is 6.92 Å². The van der Waals surface area contributed by atoms with E-state index in [0.717, 1.165) is 55.4 Å². The number of halogens is 28. The molecule has 0 aliphatic carbocycles. The molecular weight excluding hydrogens is 1440 g/mol. The molecule has 0 heterocycles. The van der Waals surface area contributed by atoms with Crippen molar-refractivity contribution in [1.29, 1.82) is 5.26 Å². The number of hydrogen-bond acceptors (Lipinski definition) is 3. The fraction of sp³-hybridized carbons (Fsp3) is 0.259. The van der Waals surface area contributed by atoms with Gasteiger partial charge in [-0.15, -0.1) is 0 Å². The Morgan fingerprint density at radius 3 is 0.900 bits per heavy atom. The molecule has 0 radical (unpaired) electrons. The lowest BCUT2D eigenvalue weighted by Gasteiger charge is -2.08. The third kappa shape index (κ3) is 17.7. The van der Waals surface area contributed by atoms with Crippen LogP contribution in [0, 0.1) is 230 Å². The number of nitro benzene ring substituents is 1. The van der Waals surface area contributed by atoms with Gasteiger partial charge in [0.1, 0.15) is 39.4 Å². The molecule has 0 saturated heterocycles. The number of nitro groups is 1. The highest BCUT2D eigenvalue weighted by Gasteiger charge is 2.29. The molecule has 0 aromatic heterocycles. The maximum Gasteiger partial charge on any atom is 0.313 e. The Bertz CT molecular complexity index is 3330. The fourth-order valence-electron chi connectivity index (χ4n) is 6.83. The highest BCUT2D eigenvalue weighted by atomic mass is 79.9. The highest BCUT2D eigenvalue weighted by Crippen LogP contribution is 2.34.